The molecule has 0 aromatic carbocycles. The van der Waals surface area contributed by atoms with E-state index in [1.807, 2.05) is 30.6 Å². The van der Waals surface area contributed by atoms with Crippen molar-refractivity contribution in [3.63, 3.8) is 0 Å². The van der Waals surface area contributed by atoms with Crippen LogP contribution in [-0.4, -0.2) is 4.98 Å². The minimum atomic E-state index is 0.225. The zero-order valence-electron chi connectivity index (χ0n) is 9.60. The van der Waals surface area contributed by atoms with E-state index >= 15 is 0 Å². The number of hydrogen-bond donors (Lipinski definition) is 1. The molecule has 0 aliphatic heterocycles. The van der Waals surface area contributed by atoms with Gasteiger partial charge in [0.05, 0.1) is 12.3 Å². The molecule has 0 fully saturated rings. The van der Waals surface area contributed by atoms with Gasteiger partial charge < -0.3 is 9.73 Å². The van der Waals surface area contributed by atoms with E-state index in [9.17, 15) is 0 Å². The Bertz CT molecular complexity index is 437. The lowest BCUT2D eigenvalue weighted by molar-refractivity contribution is 0.430. The number of hydrogen-bond acceptors (Lipinski definition) is 3. The maximum absolute atomic E-state index is 5.34. The Hall–Kier alpha value is -1.61. The molecule has 0 bridgehead atoms. The monoisotopic (exact) mass is 216 g/mol. The summed E-state index contributed by atoms with van der Waals surface area (Å²) in [6.45, 7) is 4.99. The molecule has 0 amide bonds. The van der Waals surface area contributed by atoms with Crippen LogP contribution in [0.15, 0.2) is 41.3 Å². The largest absolute Gasteiger partial charge is 0.468 e. The summed E-state index contributed by atoms with van der Waals surface area (Å²) in [6.07, 6.45) is 5.40. The van der Waals surface area contributed by atoms with Gasteiger partial charge in [-0.25, -0.2) is 0 Å². The Kier molecular flexibility index (Phi) is 3.37. The first-order chi connectivity index (χ1) is 7.77. The summed E-state index contributed by atoms with van der Waals surface area (Å²) in [5.74, 6) is 0.965. The lowest BCUT2D eigenvalue weighted by Crippen LogP contribution is -2.18. The normalized spacial score (nSPS) is 12.6. The third-order valence-electron chi connectivity index (χ3n) is 2.71. The average molecular weight is 216 g/mol. The predicted octanol–water partition coefficient (Wildman–Crippen LogP) is 2.83. The van der Waals surface area contributed by atoms with Crippen molar-refractivity contribution in [2.75, 3.05) is 0 Å². The van der Waals surface area contributed by atoms with Gasteiger partial charge in [-0.05, 0) is 43.2 Å². The third kappa shape index (κ3) is 2.49. The highest BCUT2D eigenvalue weighted by atomic mass is 16.3. The van der Waals surface area contributed by atoms with Crippen LogP contribution in [0.5, 0.6) is 0 Å². The third-order valence-corrected chi connectivity index (χ3v) is 2.71. The topological polar surface area (TPSA) is 38.1 Å². The van der Waals surface area contributed by atoms with Crippen molar-refractivity contribution >= 4 is 0 Å². The van der Waals surface area contributed by atoms with Gasteiger partial charge in [-0.15, -0.1) is 0 Å². The second-order valence-electron chi connectivity index (χ2n) is 3.92. The molecule has 2 heterocycles. The fourth-order valence-corrected chi connectivity index (χ4v) is 1.60. The minimum Gasteiger partial charge on any atom is -0.468 e. The molecule has 1 atom stereocenters. The summed E-state index contributed by atoms with van der Waals surface area (Å²) in [4.78, 5) is 4.08. The lowest BCUT2D eigenvalue weighted by atomic mass is 10.1. The Morgan fingerprint density at radius 1 is 1.44 bits per heavy atom. The van der Waals surface area contributed by atoms with Crippen molar-refractivity contribution in [2.45, 2.75) is 26.4 Å². The molecule has 2 aromatic rings. The molecule has 0 radical (unpaired) electrons. The zero-order valence-corrected chi connectivity index (χ0v) is 9.60. The van der Waals surface area contributed by atoms with Gasteiger partial charge in [0, 0.05) is 18.9 Å². The first-order valence-electron chi connectivity index (χ1n) is 5.43. The van der Waals surface area contributed by atoms with E-state index in [1.54, 1.807) is 6.26 Å². The molecule has 2 rings (SSSR count). The van der Waals surface area contributed by atoms with Crippen LogP contribution in [0.25, 0.3) is 0 Å². The van der Waals surface area contributed by atoms with Crippen LogP contribution in [0.4, 0.5) is 0 Å². The Labute approximate surface area is 95.5 Å². The van der Waals surface area contributed by atoms with Crippen molar-refractivity contribution in [3.05, 3.63) is 53.7 Å². The molecule has 84 valence electrons. The predicted molar refractivity (Wildman–Crippen MR) is 62.9 cm³/mol. The highest BCUT2D eigenvalue weighted by Crippen LogP contribution is 2.13. The van der Waals surface area contributed by atoms with Crippen LogP contribution in [0.1, 0.15) is 29.9 Å². The van der Waals surface area contributed by atoms with Crippen LogP contribution < -0.4 is 5.32 Å². The van der Waals surface area contributed by atoms with Crippen molar-refractivity contribution in [1.82, 2.24) is 10.3 Å². The molecule has 3 nitrogen and oxygen atoms in total. The van der Waals surface area contributed by atoms with Crippen LogP contribution in [0, 0.1) is 6.92 Å². The van der Waals surface area contributed by atoms with Crippen molar-refractivity contribution in [1.29, 1.82) is 0 Å². The Morgan fingerprint density at radius 2 is 2.31 bits per heavy atom. The van der Waals surface area contributed by atoms with Gasteiger partial charge in [-0.2, -0.15) is 0 Å². The van der Waals surface area contributed by atoms with E-state index in [2.05, 4.69) is 24.1 Å². The molecule has 0 spiro atoms. The van der Waals surface area contributed by atoms with Gasteiger partial charge in [-0.3, -0.25) is 4.98 Å². The quantitative estimate of drug-likeness (QED) is 0.854. The highest BCUT2D eigenvalue weighted by Gasteiger charge is 2.07. The van der Waals surface area contributed by atoms with Gasteiger partial charge in [0.25, 0.3) is 0 Å². The summed E-state index contributed by atoms with van der Waals surface area (Å²) >= 11 is 0. The van der Waals surface area contributed by atoms with Crippen LogP contribution in [0.2, 0.25) is 0 Å². The van der Waals surface area contributed by atoms with E-state index in [4.69, 9.17) is 4.42 Å². The Morgan fingerprint density at radius 3 is 3.00 bits per heavy atom. The van der Waals surface area contributed by atoms with Crippen LogP contribution in [0.3, 0.4) is 0 Å². The SMILES string of the molecule is Cc1cnccc1CNC(C)c1ccco1. The molecule has 1 unspecified atom stereocenters. The fraction of sp³-hybridized carbons (Fsp3) is 0.308. The number of rotatable bonds is 4. The number of pyridine rings is 1. The number of nitrogens with zero attached hydrogens (tertiary/aromatic N) is 1. The summed E-state index contributed by atoms with van der Waals surface area (Å²) in [7, 11) is 0. The van der Waals surface area contributed by atoms with E-state index in [0.717, 1.165) is 12.3 Å². The van der Waals surface area contributed by atoms with Gasteiger partial charge in [0.15, 0.2) is 0 Å². The molecule has 1 N–H and O–H groups in total. The maximum atomic E-state index is 5.34. The molecule has 0 saturated heterocycles. The first kappa shape index (κ1) is 10.9. The standard InChI is InChI=1S/C13H16N2O/c1-10-8-14-6-5-12(10)9-15-11(2)13-4-3-7-16-13/h3-8,11,15H,9H2,1-2H3. The highest BCUT2D eigenvalue weighted by molar-refractivity contribution is 5.21. The lowest BCUT2D eigenvalue weighted by Gasteiger charge is -2.12. The summed E-state index contributed by atoms with van der Waals surface area (Å²) in [6, 6.07) is 6.15. The molecular weight excluding hydrogens is 200 g/mol. The van der Waals surface area contributed by atoms with Gasteiger partial charge >= 0.3 is 0 Å². The molecule has 3 heteroatoms. The maximum Gasteiger partial charge on any atom is 0.120 e. The van der Waals surface area contributed by atoms with Crippen molar-refractivity contribution in [3.8, 4) is 0 Å². The minimum absolute atomic E-state index is 0.225. The molecule has 16 heavy (non-hydrogen) atoms. The Balaban J connectivity index is 1.95. The van der Waals surface area contributed by atoms with Crippen LogP contribution >= 0.6 is 0 Å². The van der Waals surface area contributed by atoms with E-state index in [0.29, 0.717) is 0 Å². The zero-order chi connectivity index (χ0) is 11.4. The molecule has 0 saturated carbocycles. The summed E-state index contributed by atoms with van der Waals surface area (Å²) < 4.78 is 5.34. The molecule has 2 aromatic heterocycles. The summed E-state index contributed by atoms with van der Waals surface area (Å²) in [5.41, 5.74) is 2.48. The second-order valence-corrected chi connectivity index (χ2v) is 3.92. The second kappa shape index (κ2) is 4.94. The smallest absolute Gasteiger partial charge is 0.120 e. The van der Waals surface area contributed by atoms with Gasteiger partial charge in [0.2, 0.25) is 0 Å². The first-order valence-corrected chi connectivity index (χ1v) is 5.43. The number of furan rings is 1. The number of aromatic nitrogens is 1. The fourth-order valence-electron chi connectivity index (χ4n) is 1.60. The van der Waals surface area contributed by atoms with E-state index < -0.39 is 0 Å². The molecule has 0 aliphatic rings. The number of nitrogens with one attached hydrogen (secondary N) is 1. The molecule has 0 aliphatic carbocycles. The van der Waals surface area contributed by atoms with Crippen LogP contribution in [-0.2, 0) is 6.54 Å². The summed E-state index contributed by atoms with van der Waals surface area (Å²) in [5, 5.41) is 3.42. The van der Waals surface area contributed by atoms with Crippen molar-refractivity contribution < 1.29 is 4.42 Å². The average Bonchev–Trinajstić information content (AvgIpc) is 2.81. The van der Waals surface area contributed by atoms with E-state index in [-0.39, 0.29) is 6.04 Å². The van der Waals surface area contributed by atoms with Crippen molar-refractivity contribution in [2.24, 2.45) is 0 Å². The number of aryl methyl sites for hydroxylation is 1. The van der Waals surface area contributed by atoms with Gasteiger partial charge in [-0.1, -0.05) is 0 Å². The van der Waals surface area contributed by atoms with Gasteiger partial charge in [0.1, 0.15) is 5.76 Å². The molecular formula is C13H16N2O. The van der Waals surface area contributed by atoms with E-state index in [1.165, 1.54) is 11.1 Å².